The molecule has 5 nitrogen and oxygen atoms in total. The number of halogens is 3. The van der Waals surface area contributed by atoms with Crippen LogP contribution < -0.4 is 16.3 Å². The van der Waals surface area contributed by atoms with Crippen molar-refractivity contribution in [1.82, 2.24) is 4.98 Å². The SMILES string of the molecule is COP(=O)(c1cc(F)cc(F)c1)c1c(C(N)=O)[nH]c2ccc(Cl)cc12. The Hall–Kier alpha value is -2.21. The van der Waals surface area contributed by atoms with Gasteiger partial charge in [-0.15, -0.1) is 0 Å². The third-order valence-corrected chi connectivity index (χ3v) is 6.46. The fraction of sp³-hybridized carbons (Fsp3) is 0.0625. The molecule has 1 heterocycles. The van der Waals surface area contributed by atoms with E-state index >= 15 is 0 Å². The van der Waals surface area contributed by atoms with Gasteiger partial charge in [0, 0.05) is 34.4 Å². The number of benzene rings is 2. The highest BCUT2D eigenvalue weighted by Gasteiger charge is 2.36. The van der Waals surface area contributed by atoms with Gasteiger partial charge in [0.15, 0.2) is 0 Å². The lowest BCUT2D eigenvalue weighted by Crippen LogP contribution is -2.26. The largest absolute Gasteiger partial charge is 0.364 e. The van der Waals surface area contributed by atoms with Gasteiger partial charge >= 0.3 is 0 Å². The molecule has 0 aliphatic carbocycles. The van der Waals surface area contributed by atoms with Crippen molar-refractivity contribution in [2.45, 2.75) is 0 Å². The molecule has 0 radical (unpaired) electrons. The maximum Gasteiger partial charge on any atom is 0.266 e. The lowest BCUT2D eigenvalue weighted by molar-refractivity contribution is 0.0997. The zero-order valence-electron chi connectivity index (χ0n) is 12.8. The van der Waals surface area contributed by atoms with Crippen molar-refractivity contribution in [3.05, 3.63) is 58.7 Å². The number of hydrogen-bond acceptors (Lipinski definition) is 3. The van der Waals surface area contributed by atoms with Crippen LogP contribution in [-0.2, 0) is 9.09 Å². The fourth-order valence-corrected chi connectivity index (χ4v) is 5.04. The Morgan fingerprint density at radius 1 is 1.20 bits per heavy atom. The van der Waals surface area contributed by atoms with Crippen LogP contribution in [0.5, 0.6) is 0 Å². The summed E-state index contributed by atoms with van der Waals surface area (Å²) in [6.07, 6.45) is 0. The van der Waals surface area contributed by atoms with E-state index in [1.165, 1.54) is 6.07 Å². The van der Waals surface area contributed by atoms with Crippen LogP contribution in [0.25, 0.3) is 10.9 Å². The van der Waals surface area contributed by atoms with E-state index in [0.717, 1.165) is 19.2 Å². The van der Waals surface area contributed by atoms with Gasteiger partial charge in [0.25, 0.3) is 13.3 Å². The van der Waals surface area contributed by atoms with Crippen molar-refractivity contribution in [2.24, 2.45) is 5.73 Å². The van der Waals surface area contributed by atoms with Crippen molar-refractivity contribution in [3.63, 3.8) is 0 Å². The van der Waals surface area contributed by atoms with Crippen LogP contribution in [0.2, 0.25) is 5.02 Å². The zero-order chi connectivity index (χ0) is 18.4. The molecule has 0 aliphatic heterocycles. The molecular formula is C16H12ClF2N2O3P. The van der Waals surface area contributed by atoms with Crippen molar-refractivity contribution < 1.29 is 22.7 Å². The molecule has 3 aromatic rings. The van der Waals surface area contributed by atoms with E-state index in [9.17, 15) is 18.1 Å². The van der Waals surface area contributed by atoms with E-state index in [-0.39, 0.29) is 16.3 Å². The number of H-pyrrole nitrogens is 1. The van der Waals surface area contributed by atoms with E-state index in [2.05, 4.69) is 4.98 Å². The number of aromatic nitrogens is 1. The van der Waals surface area contributed by atoms with Gasteiger partial charge in [0.2, 0.25) is 0 Å². The summed E-state index contributed by atoms with van der Waals surface area (Å²) in [5, 5.41) is 0.314. The summed E-state index contributed by atoms with van der Waals surface area (Å²) in [5.74, 6) is -2.74. The summed E-state index contributed by atoms with van der Waals surface area (Å²) in [6, 6.07) is 7.03. The first-order valence-corrected chi connectivity index (χ1v) is 9.00. The summed E-state index contributed by atoms with van der Waals surface area (Å²) in [4.78, 5) is 14.6. The monoisotopic (exact) mass is 384 g/mol. The van der Waals surface area contributed by atoms with Gasteiger partial charge in [-0.1, -0.05) is 11.6 Å². The topological polar surface area (TPSA) is 85.2 Å². The Kier molecular flexibility index (Phi) is 4.41. The molecule has 0 saturated carbocycles. The van der Waals surface area contributed by atoms with E-state index in [4.69, 9.17) is 21.9 Å². The first kappa shape index (κ1) is 17.6. The minimum Gasteiger partial charge on any atom is -0.364 e. The van der Waals surface area contributed by atoms with Crippen LogP contribution in [0.4, 0.5) is 8.78 Å². The van der Waals surface area contributed by atoms with Crippen molar-refractivity contribution in [3.8, 4) is 0 Å². The van der Waals surface area contributed by atoms with Crippen LogP contribution in [0.1, 0.15) is 10.5 Å². The summed E-state index contributed by atoms with van der Waals surface area (Å²) >= 11 is 5.99. The predicted molar refractivity (Wildman–Crippen MR) is 92.1 cm³/mol. The number of aromatic amines is 1. The lowest BCUT2D eigenvalue weighted by Gasteiger charge is -2.17. The smallest absolute Gasteiger partial charge is 0.266 e. The van der Waals surface area contributed by atoms with Crippen molar-refractivity contribution >= 4 is 46.4 Å². The number of primary amides is 1. The minimum atomic E-state index is -4.04. The number of hydrogen-bond donors (Lipinski definition) is 2. The maximum absolute atomic E-state index is 13.6. The fourth-order valence-electron chi connectivity index (χ4n) is 2.67. The molecule has 1 atom stereocenters. The molecule has 3 rings (SSSR count). The van der Waals surface area contributed by atoms with Crippen LogP contribution in [0.15, 0.2) is 36.4 Å². The van der Waals surface area contributed by atoms with Crippen LogP contribution >= 0.6 is 19.0 Å². The molecule has 130 valence electrons. The third kappa shape index (κ3) is 2.95. The van der Waals surface area contributed by atoms with Gasteiger partial charge in [-0.2, -0.15) is 0 Å². The standard InChI is InChI=1S/C16H12ClF2N2O3P/c1-24-25(23,11-6-9(18)5-10(19)7-11)15-12-4-8(17)2-3-13(12)21-14(15)16(20)22/h2-7,21H,1H3,(H2,20,22). The number of carbonyl (C=O) groups excluding carboxylic acids is 1. The van der Waals surface area contributed by atoms with Gasteiger partial charge < -0.3 is 15.2 Å². The first-order chi connectivity index (χ1) is 11.8. The molecule has 3 N–H and O–H groups in total. The average Bonchev–Trinajstić information content (AvgIpc) is 2.92. The number of nitrogens with two attached hydrogens (primary N) is 1. The Bertz CT molecular complexity index is 1030. The molecule has 0 aliphatic rings. The molecule has 9 heteroatoms. The minimum absolute atomic E-state index is 0.0787. The van der Waals surface area contributed by atoms with Crippen molar-refractivity contribution in [2.75, 3.05) is 7.11 Å². The maximum atomic E-state index is 13.6. The second-order valence-electron chi connectivity index (χ2n) is 5.26. The number of rotatable bonds is 4. The summed E-state index contributed by atoms with van der Waals surface area (Å²) in [6.45, 7) is 0. The van der Waals surface area contributed by atoms with Gasteiger partial charge in [0.05, 0.1) is 5.30 Å². The lowest BCUT2D eigenvalue weighted by atomic mass is 10.2. The molecule has 0 bridgehead atoms. The highest BCUT2D eigenvalue weighted by atomic mass is 35.5. The number of amides is 1. The Balaban J connectivity index is 2.42. The second kappa shape index (κ2) is 6.26. The van der Waals surface area contributed by atoms with Gasteiger partial charge in [-0.05, 0) is 30.3 Å². The molecule has 0 spiro atoms. The van der Waals surface area contributed by atoms with E-state index in [1.807, 2.05) is 0 Å². The second-order valence-corrected chi connectivity index (χ2v) is 8.13. The molecular weight excluding hydrogens is 373 g/mol. The highest BCUT2D eigenvalue weighted by molar-refractivity contribution is 7.75. The molecule has 1 amide bonds. The Morgan fingerprint density at radius 3 is 2.40 bits per heavy atom. The summed E-state index contributed by atoms with van der Waals surface area (Å²) in [7, 11) is -2.92. The van der Waals surface area contributed by atoms with Gasteiger partial charge in [-0.25, -0.2) is 8.78 Å². The normalized spacial score (nSPS) is 13.8. The Labute approximate surface area is 146 Å². The zero-order valence-corrected chi connectivity index (χ0v) is 14.5. The quantitative estimate of drug-likeness (QED) is 0.678. The van der Waals surface area contributed by atoms with E-state index in [0.29, 0.717) is 22.0 Å². The third-order valence-electron chi connectivity index (χ3n) is 3.72. The average molecular weight is 385 g/mol. The molecule has 0 saturated heterocycles. The summed E-state index contributed by atoms with van der Waals surface area (Å²) < 4.78 is 46.0. The van der Waals surface area contributed by atoms with E-state index < -0.39 is 24.9 Å². The molecule has 0 fully saturated rings. The number of fused-ring (bicyclic) bond motifs is 1. The molecule has 1 aromatic heterocycles. The predicted octanol–water partition coefficient (Wildman–Crippen LogP) is 3.07. The highest BCUT2D eigenvalue weighted by Crippen LogP contribution is 2.47. The number of carbonyl (C=O) groups is 1. The molecule has 25 heavy (non-hydrogen) atoms. The summed E-state index contributed by atoms with van der Waals surface area (Å²) in [5.41, 5.74) is 5.64. The first-order valence-electron chi connectivity index (χ1n) is 7.00. The van der Waals surface area contributed by atoms with Crippen LogP contribution in [0.3, 0.4) is 0 Å². The van der Waals surface area contributed by atoms with Gasteiger partial charge in [0.1, 0.15) is 17.3 Å². The molecule has 1 unspecified atom stereocenters. The van der Waals surface area contributed by atoms with Gasteiger partial charge in [-0.3, -0.25) is 9.36 Å². The Morgan fingerprint density at radius 2 is 1.84 bits per heavy atom. The van der Waals surface area contributed by atoms with E-state index in [1.54, 1.807) is 12.1 Å². The van der Waals surface area contributed by atoms with Crippen LogP contribution in [0, 0.1) is 11.6 Å². The van der Waals surface area contributed by atoms with Crippen molar-refractivity contribution in [1.29, 1.82) is 0 Å². The molecule has 2 aromatic carbocycles. The number of nitrogens with one attached hydrogen (secondary N) is 1. The van der Waals surface area contributed by atoms with Crippen LogP contribution in [-0.4, -0.2) is 18.0 Å².